The number of hydrogen-bond donors (Lipinski definition) is 22. The van der Waals surface area contributed by atoms with Crippen molar-refractivity contribution in [2.45, 2.75) is 117 Å². The van der Waals surface area contributed by atoms with Crippen LogP contribution in [0, 0.1) is 0 Å². The van der Waals surface area contributed by atoms with Crippen molar-refractivity contribution in [1.82, 2.24) is 49.8 Å². The maximum absolute atomic E-state index is 14.4. The van der Waals surface area contributed by atoms with Gasteiger partial charge in [0.15, 0.2) is 0 Å². The van der Waals surface area contributed by atoms with Gasteiger partial charge in [0.2, 0.25) is 41.4 Å². The maximum Gasteiger partial charge on any atom is 0.245 e. The number of nitrogens with one attached hydrogen (secondary N) is 2. The number of aliphatic hydroxyl groups excluding tert-OH is 20. The van der Waals surface area contributed by atoms with Crippen LogP contribution in [0.5, 0.6) is 0 Å². The maximum atomic E-state index is 14.4. The molecule has 7 amide bonds. The quantitative estimate of drug-likeness (QED) is 0.0251. The molecule has 618 valence electrons. The van der Waals surface area contributed by atoms with Gasteiger partial charge in [0.25, 0.3) is 0 Å². The first-order chi connectivity index (χ1) is 49.5. The van der Waals surface area contributed by atoms with Crippen molar-refractivity contribution >= 4 is 41.4 Å². The van der Waals surface area contributed by atoms with E-state index in [1.807, 2.05) is 0 Å². The Morgan fingerprint density at radius 2 is 0.610 bits per heavy atom. The second kappa shape index (κ2) is 56.4. The van der Waals surface area contributed by atoms with E-state index in [-0.39, 0.29) is 118 Å². The van der Waals surface area contributed by atoms with Gasteiger partial charge in [-0.1, -0.05) is 0 Å². The highest BCUT2D eigenvalue weighted by atomic mass is 16.6. The zero-order chi connectivity index (χ0) is 80.1. The van der Waals surface area contributed by atoms with Gasteiger partial charge in [-0.25, -0.2) is 0 Å². The summed E-state index contributed by atoms with van der Waals surface area (Å²) in [6.07, 6.45) is -31.1. The van der Waals surface area contributed by atoms with Crippen molar-refractivity contribution < 1.29 is 164 Å². The molecule has 43 nitrogen and oxygen atoms in total. The van der Waals surface area contributed by atoms with Crippen LogP contribution in [-0.2, 0) is 62.0 Å². The molecular weight excluding hydrogens is 1410 g/mol. The van der Waals surface area contributed by atoms with Crippen LogP contribution < -0.4 is 10.6 Å². The standard InChI is InChI=1S/C62H122N10O33/c1-63-25-49(86)66(3)31-51(88)68(5)34-53(90)70(7)39(9-8-11-71(26-40(77)54(91)58(95)44(81)35-73)27-41(78)55(92)59(96)45(82)36-74)62(99)69(6)33-52(89)67(4)32-50(87)65(2)30-48(85)64-10-13-100-15-17-102-19-21-104-23-24-105-22-20-103-18-16-101-14-12-72(28-42(79)56(93)60(97)46(83)37-75)29-43(80)57(94)61(98)47(84)38-76/h39-47,54-61,63,73-84,91-98H,8-38H2,1-7H3,(H,64,85)/t39?,40-,41-,42-,43-,44+,45+,46+,47+,54+,55+,56+,57+,58+,59+,60+,61+/m0/s1. The highest BCUT2D eigenvalue weighted by molar-refractivity contribution is 5.93. The van der Waals surface area contributed by atoms with Gasteiger partial charge in [0, 0.05) is 81.6 Å². The lowest BCUT2D eigenvalue weighted by atomic mass is 10.0. The zero-order valence-corrected chi connectivity index (χ0v) is 61.1. The highest BCUT2D eigenvalue weighted by Crippen LogP contribution is 2.17. The van der Waals surface area contributed by atoms with E-state index in [1.54, 1.807) is 0 Å². The van der Waals surface area contributed by atoms with Crippen molar-refractivity contribution in [1.29, 1.82) is 0 Å². The normalized spacial score (nSPS) is 16.8. The van der Waals surface area contributed by atoms with Gasteiger partial charge in [0.1, 0.15) is 79.3 Å². The van der Waals surface area contributed by atoms with E-state index in [4.69, 9.17) is 38.6 Å². The Labute approximate surface area is 610 Å². The molecule has 0 aliphatic carbocycles. The number of nitrogens with zero attached hydrogens (tertiary/aromatic N) is 8. The Morgan fingerprint density at radius 1 is 0.333 bits per heavy atom. The van der Waals surface area contributed by atoms with E-state index in [0.29, 0.717) is 0 Å². The predicted molar refractivity (Wildman–Crippen MR) is 363 cm³/mol. The van der Waals surface area contributed by atoms with Crippen molar-refractivity contribution in [3.63, 3.8) is 0 Å². The van der Waals surface area contributed by atoms with Gasteiger partial charge in [-0.3, -0.25) is 43.4 Å². The molecular formula is C62H122N10O33. The van der Waals surface area contributed by atoms with Crippen LogP contribution >= 0.6 is 0 Å². The Balaban J connectivity index is 5.22. The number of carbonyl (C=O) groups is 7. The van der Waals surface area contributed by atoms with E-state index in [0.717, 1.165) is 29.4 Å². The van der Waals surface area contributed by atoms with Crippen LogP contribution in [0.15, 0.2) is 0 Å². The van der Waals surface area contributed by atoms with Gasteiger partial charge in [-0.15, -0.1) is 0 Å². The van der Waals surface area contributed by atoms with Gasteiger partial charge >= 0.3 is 0 Å². The number of aliphatic hydroxyl groups is 20. The summed E-state index contributed by atoms with van der Waals surface area (Å²) in [5.74, 6) is -4.68. The monoisotopic (exact) mass is 1530 g/mol. The fraction of sp³-hybridized carbons (Fsp3) is 0.887. The molecule has 0 aromatic rings. The second-order valence-corrected chi connectivity index (χ2v) is 25.1. The van der Waals surface area contributed by atoms with E-state index in [1.165, 1.54) is 59.1 Å². The summed E-state index contributed by atoms with van der Waals surface area (Å²) < 4.78 is 32.9. The molecule has 0 spiro atoms. The first kappa shape index (κ1) is 100. The third kappa shape index (κ3) is 40.4. The van der Waals surface area contributed by atoms with Crippen LogP contribution in [0.1, 0.15) is 12.8 Å². The Bertz CT molecular complexity index is 2320. The summed E-state index contributed by atoms with van der Waals surface area (Å²) >= 11 is 0. The first-order valence-corrected chi connectivity index (χ1v) is 34.1. The molecule has 17 atom stereocenters. The molecule has 0 bridgehead atoms. The van der Waals surface area contributed by atoms with Gasteiger partial charge in [0.05, 0.1) is 169 Å². The lowest BCUT2D eigenvalue weighted by molar-refractivity contribution is -0.149. The average molecular weight is 1540 g/mol. The Hall–Kier alpha value is -4.87. The van der Waals surface area contributed by atoms with E-state index in [9.17, 15) is 125 Å². The van der Waals surface area contributed by atoms with Gasteiger partial charge < -0.3 is 171 Å². The number of rotatable bonds is 63. The van der Waals surface area contributed by atoms with Crippen LogP contribution in [0.2, 0.25) is 0 Å². The molecule has 0 aliphatic rings. The third-order valence-electron chi connectivity index (χ3n) is 16.4. The number of carbonyl (C=O) groups excluding carboxylic acids is 7. The summed E-state index contributed by atoms with van der Waals surface area (Å²) in [6.45, 7) is -6.83. The number of ether oxygens (including phenoxy) is 6. The minimum Gasteiger partial charge on any atom is -0.394 e. The fourth-order valence-electron chi connectivity index (χ4n) is 9.61. The zero-order valence-electron chi connectivity index (χ0n) is 61.1. The minimum atomic E-state index is -2.10. The van der Waals surface area contributed by atoms with E-state index < -0.39 is 230 Å². The smallest absolute Gasteiger partial charge is 0.245 e. The second-order valence-electron chi connectivity index (χ2n) is 25.1. The number of likely N-dealkylation sites (N-methyl/N-ethyl adjacent to an activating group) is 7. The summed E-state index contributed by atoms with van der Waals surface area (Å²) in [7, 11) is 9.25. The molecule has 0 saturated carbocycles. The Morgan fingerprint density at radius 3 is 0.943 bits per heavy atom. The summed E-state index contributed by atoms with van der Waals surface area (Å²) in [5, 5.41) is 206. The first-order valence-electron chi connectivity index (χ1n) is 34.1. The largest absolute Gasteiger partial charge is 0.394 e. The molecule has 43 heteroatoms. The molecule has 0 aromatic carbocycles. The highest BCUT2D eigenvalue weighted by Gasteiger charge is 2.38. The fourth-order valence-corrected chi connectivity index (χ4v) is 9.61. The molecule has 0 saturated heterocycles. The molecule has 1 unspecified atom stereocenters. The van der Waals surface area contributed by atoms with E-state index >= 15 is 0 Å². The van der Waals surface area contributed by atoms with Crippen molar-refractivity contribution in [2.24, 2.45) is 0 Å². The van der Waals surface area contributed by atoms with Crippen molar-refractivity contribution in [2.75, 3.05) is 240 Å². The summed E-state index contributed by atoms with van der Waals surface area (Å²) in [4.78, 5) is 102. The average Bonchev–Trinajstić information content (AvgIpc) is 0.842. The van der Waals surface area contributed by atoms with Crippen LogP contribution in [-0.4, -0.2) is 527 Å². The number of hydrogen-bond acceptors (Lipinski definition) is 36. The molecule has 0 heterocycles. The van der Waals surface area contributed by atoms with Crippen molar-refractivity contribution in [3.8, 4) is 0 Å². The predicted octanol–water partition coefficient (Wildman–Crippen LogP) is -16.3. The lowest BCUT2D eigenvalue weighted by Gasteiger charge is -2.35. The summed E-state index contributed by atoms with van der Waals surface area (Å²) in [5.41, 5.74) is 0. The molecule has 105 heavy (non-hydrogen) atoms. The van der Waals surface area contributed by atoms with Crippen LogP contribution in [0.3, 0.4) is 0 Å². The molecule has 0 aliphatic heterocycles. The van der Waals surface area contributed by atoms with Crippen LogP contribution in [0.25, 0.3) is 0 Å². The Kier molecular flexibility index (Phi) is 53.8. The van der Waals surface area contributed by atoms with Crippen LogP contribution in [0.4, 0.5) is 0 Å². The topological polar surface area (TPSA) is 629 Å². The molecule has 0 aromatic heterocycles. The van der Waals surface area contributed by atoms with Crippen molar-refractivity contribution in [3.05, 3.63) is 0 Å². The van der Waals surface area contributed by atoms with Gasteiger partial charge in [-0.05, 0) is 26.4 Å². The number of amides is 7. The SMILES string of the molecule is CNCC(=O)N(C)CC(=O)N(C)CC(=O)N(C)C(CCCN(C[C@H](O)[C@@H](O)[C@H](O)[C@H](O)CO)C[C@H](O)[C@@H](O)[C@H](O)[C@H](O)CO)C(=O)N(C)CC(=O)N(C)CC(=O)N(C)CC(=O)NCCOCCOCCOCCOCCOCCOCCN(C[C@H](O)[C@@H](O)[C@H](O)[C@H](O)CO)C[C@H](O)[C@@H](O)[C@H](O)[C@H](O)CO. The molecule has 0 rings (SSSR count). The molecule has 0 radical (unpaired) electrons. The summed E-state index contributed by atoms with van der Waals surface area (Å²) in [6, 6.07) is -1.44. The van der Waals surface area contributed by atoms with Gasteiger partial charge in [-0.2, -0.15) is 0 Å². The molecule has 22 N–H and O–H groups in total. The minimum absolute atomic E-state index is 0.0256. The third-order valence-corrected chi connectivity index (χ3v) is 16.4. The lowest BCUT2D eigenvalue weighted by Crippen LogP contribution is -2.54. The van der Waals surface area contributed by atoms with E-state index in [2.05, 4.69) is 10.6 Å². The molecule has 0 fully saturated rings.